The number of rotatable bonds is 5. The Balaban J connectivity index is 1.55. The summed E-state index contributed by atoms with van der Waals surface area (Å²) >= 11 is 5.64. The highest BCUT2D eigenvalue weighted by Crippen LogP contribution is 2.38. The number of carbonyl (C=O) groups is 4. The van der Waals surface area contributed by atoms with Crippen molar-refractivity contribution in [3.8, 4) is 0 Å². The molecule has 3 amide bonds. The summed E-state index contributed by atoms with van der Waals surface area (Å²) in [7, 11) is 0. The molecule has 1 saturated heterocycles. The number of anilines is 1. The van der Waals surface area contributed by atoms with Gasteiger partial charge in [0, 0.05) is 5.69 Å². The van der Waals surface area contributed by atoms with E-state index in [1.54, 1.807) is 0 Å². The molecular weight excluding hydrogens is 391 g/mol. The number of nitrogens with zero attached hydrogens (tertiary/aromatic N) is 1. The summed E-state index contributed by atoms with van der Waals surface area (Å²) in [5.74, 6) is -3.52. The fourth-order valence-corrected chi connectivity index (χ4v) is 3.88. The van der Waals surface area contributed by atoms with Crippen molar-refractivity contribution in [2.45, 2.75) is 38.6 Å². The molecule has 1 N–H and O–H groups in total. The Bertz CT molecular complexity index is 807. The van der Waals surface area contributed by atoms with Crippen LogP contribution in [0.3, 0.4) is 0 Å². The number of esters is 1. The highest BCUT2D eigenvalue weighted by atomic mass is 35.5. The third-order valence-corrected chi connectivity index (χ3v) is 5.44. The van der Waals surface area contributed by atoms with Crippen LogP contribution in [-0.4, -0.2) is 41.2 Å². The van der Waals surface area contributed by atoms with Gasteiger partial charge in [-0.2, -0.15) is 0 Å². The maximum atomic E-state index is 13.1. The van der Waals surface area contributed by atoms with E-state index < -0.39 is 30.3 Å². The predicted molar refractivity (Wildman–Crippen MR) is 97.8 cm³/mol. The van der Waals surface area contributed by atoms with Crippen LogP contribution in [0.2, 0.25) is 5.02 Å². The zero-order chi connectivity index (χ0) is 20.4. The maximum absolute atomic E-state index is 13.1. The Kier molecular flexibility index (Phi) is 5.98. The van der Waals surface area contributed by atoms with E-state index in [9.17, 15) is 23.6 Å². The molecule has 0 aromatic heterocycles. The molecule has 0 radical (unpaired) electrons. The van der Waals surface area contributed by atoms with Gasteiger partial charge in [-0.3, -0.25) is 19.3 Å². The van der Waals surface area contributed by atoms with E-state index in [0.29, 0.717) is 12.8 Å². The second-order valence-corrected chi connectivity index (χ2v) is 7.41. The highest BCUT2D eigenvalue weighted by molar-refractivity contribution is 6.31. The van der Waals surface area contributed by atoms with Crippen LogP contribution in [-0.2, 0) is 23.9 Å². The maximum Gasteiger partial charge on any atom is 0.329 e. The molecule has 3 atom stereocenters. The number of carbonyl (C=O) groups excluding carboxylic acids is 4. The van der Waals surface area contributed by atoms with Crippen molar-refractivity contribution < 1.29 is 28.3 Å². The molecule has 9 heteroatoms. The first-order valence-corrected chi connectivity index (χ1v) is 9.46. The Morgan fingerprint density at radius 3 is 2.43 bits per heavy atom. The summed E-state index contributed by atoms with van der Waals surface area (Å²) in [5.41, 5.74) is 0.245. The van der Waals surface area contributed by atoms with Crippen LogP contribution in [0.25, 0.3) is 0 Å². The lowest BCUT2D eigenvalue weighted by atomic mass is 9.81. The number of hydrogen-bond donors (Lipinski definition) is 1. The van der Waals surface area contributed by atoms with Gasteiger partial charge in [0.05, 0.1) is 16.9 Å². The molecular formula is C19H20ClFN2O5. The zero-order valence-electron chi connectivity index (χ0n) is 15.2. The van der Waals surface area contributed by atoms with Crippen molar-refractivity contribution in [1.82, 2.24) is 4.90 Å². The van der Waals surface area contributed by atoms with Gasteiger partial charge in [-0.25, -0.2) is 9.18 Å². The molecule has 0 bridgehead atoms. The van der Waals surface area contributed by atoms with Crippen LogP contribution in [0.4, 0.5) is 10.1 Å². The molecule has 1 aliphatic heterocycles. The number of hydrogen-bond acceptors (Lipinski definition) is 5. The predicted octanol–water partition coefficient (Wildman–Crippen LogP) is 2.52. The quantitative estimate of drug-likeness (QED) is 0.594. The fourth-order valence-electron chi connectivity index (χ4n) is 3.70. The van der Waals surface area contributed by atoms with E-state index in [1.165, 1.54) is 19.1 Å². The molecule has 1 aromatic carbocycles. The van der Waals surface area contributed by atoms with Crippen LogP contribution in [0, 0.1) is 17.7 Å². The highest BCUT2D eigenvalue weighted by Gasteiger charge is 2.51. The van der Waals surface area contributed by atoms with Gasteiger partial charge in [0.2, 0.25) is 11.8 Å². The summed E-state index contributed by atoms with van der Waals surface area (Å²) in [6, 6.07) is 2.53. The van der Waals surface area contributed by atoms with E-state index in [0.717, 1.165) is 23.8 Å². The third-order valence-electron chi connectivity index (χ3n) is 5.15. The van der Waals surface area contributed by atoms with E-state index >= 15 is 0 Å². The molecule has 7 nitrogen and oxygen atoms in total. The number of imide groups is 1. The van der Waals surface area contributed by atoms with Gasteiger partial charge in [0.25, 0.3) is 5.91 Å². The van der Waals surface area contributed by atoms with E-state index in [4.69, 9.17) is 16.3 Å². The van der Waals surface area contributed by atoms with E-state index in [1.807, 2.05) is 0 Å². The van der Waals surface area contributed by atoms with Crippen molar-refractivity contribution in [3.63, 3.8) is 0 Å². The van der Waals surface area contributed by atoms with Crippen molar-refractivity contribution >= 4 is 41.0 Å². The minimum atomic E-state index is -1.10. The van der Waals surface area contributed by atoms with Crippen LogP contribution < -0.4 is 5.32 Å². The standard InChI is InChI=1S/C19H20ClFN2O5/c1-10(23-17(25)12-4-2-3-5-13(12)18(23)26)19(27)28-9-16(24)22-11-6-7-15(21)14(20)8-11/h6-8,10,12-13H,2-5,9H2,1H3,(H,22,24)/t10-,12-,13-/m0/s1. The van der Waals surface area contributed by atoms with Crippen LogP contribution >= 0.6 is 11.6 Å². The van der Waals surface area contributed by atoms with Gasteiger partial charge in [0.1, 0.15) is 11.9 Å². The van der Waals surface area contributed by atoms with Gasteiger partial charge in [-0.05, 0) is 38.0 Å². The normalized spacial score (nSPS) is 22.6. The average molecular weight is 411 g/mol. The molecule has 1 heterocycles. The van der Waals surface area contributed by atoms with Gasteiger partial charge in [-0.15, -0.1) is 0 Å². The largest absolute Gasteiger partial charge is 0.454 e. The summed E-state index contributed by atoms with van der Waals surface area (Å²) in [4.78, 5) is 50.2. The number of likely N-dealkylation sites (tertiary alicyclic amines) is 1. The van der Waals surface area contributed by atoms with Crippen molar-refractivity contribution in [2.24, 2.45) is 11.8 Å². The van der Waals surface area contributed by atoms with Crippen LogP contribution in [0.1, 0.15) is 32.6 Å². The molecule has 1 aliphatic carbocycles. The summed E-state index contributed by atoms with van der Waals surface area (Å²) in [6.07, 6.45) is 3.08. The second-order valence-electron chi connectivity index (χ2n) is 7.00. The lowest BCUT2D eigenvalue weighted by Gasteiger charge is -2.21. The molecule has 3 rings (SSSR count). The Hall–Kier alpha value is -2.48. The van der Waals surface area contributed by atoms with Crippen molar-refractivity contribution in [3.05, 3.63) is 29.0 Å². The first kappa shape index (κ1) is 20.3. The SMILES string of the molecule is C[C@@H](C(=O)OCC(=O)Nc1ccc(F)c(Cl)c1)N1C(=O)[C@H]2CCCC[C@@H]2C1=O. The Labute approximate surface area is 166 Å². The number of fused-ring (bicyclic) bond motifs is 1. The van der Waals surface area contributed by atoms with Crippen LogP contribution in [0.15, 0.2) is 18.2 Å². The van der Waals surface area contributed by atoms with E-state index in [-0.39, 0.29) is 34.4 Å². The lowest BCUT2D eigenvalue weighted by molar-refractivity contribution is -0.159. The van der Waals surface area contributed by atoms with Gasteiger partial charge in [-0.1, -0.05) is 24.4 Å². The summed E-state index contributed by atoms with van der Waals surface area (Å²) in [6.45, 7) is 0.800. The summed E-state index contributed by atoms with van der Waals surface area (Å²) in [5, 5.41) is 2.26. The lowest BCUT2D eigenvalue weighted by Crippen LogP contribution is -2.45. The topological polar surface area (TPSA) is 92.8 Å². The Morgan fingerprint density at radius 1 is 1.25 bits per heavy atom. The smallest absolute Gasteiger partial charge is 0.329 e. The average Bonchev–Trinajstić information content (AvgIpc) is 2.93. The molecule has 2 fully saturated rings. The second kappa shape index (κ2) is 8.26. The number of amides is 3. The molecule has 1 saturated carbocycles. The number of nitrogens with one attached hydrogen (secondary N) is 1. The molecule has 1 aromatic rings. The van der Waals surface area contributed by atoms with Gasteiger partial charge < -0.3 is 10.1 Å². The fraction of sp³-hybridized carbons (Fsp3) is 0.474. The number of ether oxygens (including phenoxy) is 1. The Morgan fingerprint density at radius 2 is 1.86 bits per heavy atom. The summed E-state index contributed by atoms with van der Waals surface area (Å²) < 4.78 is 18.1. The van der Waals surface area contributed by atoms with E-state index in [2.05, 4.69) is 5.32 Å². The molecule has 2 aliphatic rings. The van der Waals surface area contributed by atoms with Crippen molar-refractivity contribution in [1.29, 1.82) is 0 Å². The minimum absolute atomic E-state index is 0.157. The van der Waals surface area contributed by atoms with Crippen LogP contribution in [0.5, 0.6) is 0 Å². The number of halogens is 2. The molecule has 28 heavy (non-hydrogen) atoms. The molecule has 150 valence electrons. The minimum Gasteiger partial charge on any atom is -0.454 e. The van der Waals surface area contributed by atoms with Crippen molar-refractivity contribution in [2.75, 3.05) is 11.9 Å². The first-order valence-electron chi connectivity index (χ1n) is 9.08. The zero-order valence-corrected chi connectivity index (χ0v) is 16.0. The first-order chi connectivity index (χ1) is 13.3. The number of benzene rings is 1. The molecule has 0 spiro atoms. The molecule has 0 unspecified atom stereocenters. The third kappa shape index (κ3) is 4.01. The van der Waals surface area contributed by atoms with Gasteiger partial charge in [0.15, 0.2) is 6.61 Å². The van der Waals surface area contributed by atoms with Gasteiger partial charge >= 0.3 is 5.97 Å². The monoisotopic (exact) mass is 410 g/mol.